The molecule has 0 spiro atoms. The molecule has 10 heterocycles. The lowest BCUT2D eigenvalue weighted by Crippen LogP contribution is -2.55. The van der Waals surface area contributed by atoms with E-state index in [2.05, 4.69) is 318 Å². The van der Waals surface area contributed by atoms with Crippen molar-refractivity contribution >= 4 is 0 Å². The Morgan fingerprint density at radius 2 is 0.421 bits per heavy atom. The molecule has 0 aromatic carbocycles. The average molecular weight is 1870 g/mol. The van der Waals surface area contributed by atoms with E-state index in [9.17, 15) is 0 Å². The van der Waals surface area contributed by atoms with E-state index < -0.39 is 0 Å². The monoisotopic (exact) mass is 1870 g/mol. The van der Waals surface area contributed by atoms with E-state index in [-0.39, 0.29) is 5.60 Å². The van der Waals surface area contributed by atoms with Gasteiger partial charge in [-0.1, -0.05) is 125 Å². The highest BCUT2D eigenvalue weighted by Gasteiger charge is 2.37. The van der Waals surface area contributed by atoms with Gasteiger partial charge in [0.2, 0.25) is 0 Å². The van der Waals surface area contributed by atoms with Gasteiger partial charge in [0, 0.05) is 165 Å². The van der Waals surface area contributed by atoms with Crippen LogP contribution in [0.25, 0.3) is 0 Å². The molecule has 133 heavy (non-hydrogen) atoms. The molecule has 0 atom stereocenters. The first-order valence-corrected chi connectivity index (χ1v) is 56.9. The van der Waals surface area contributed by atoms with Gasteiger partial charge in [0.05, 0.1) is 31.1 Å². The predicted molar refractivity (Wildman–Crippen MR) is 583 cm³/mol. The van der Waals surface area contributed by atoms with Crippen molar-refractivity contribution in [3.63, 3.8) is 0 Å². The van der Waals surface area contributed by atoms with Crippen molar-refractivity contribution in [2.75, 3.05) is 242 Å². The van der Waals surface area contributed by atoms with E-state index >= 15 is 0 Å². The number of piperazine rings is 4. The molecule has 10 aliphatic heterocycles. The number of rotatable bonds is 24. The maximum absolute atomic E-state index is 6.15. The molecule has 0 aromatic heterocycles. The van der Waals surface area contributed by atoms with E-state index in [1.54, 1.807) is 0 Å². The second-order valence-electron chi connectivity index (χ2n) is 58.5. The molecular weight excluding hydrogens is 1630 g/mol. The van der Waals surface area contributed by atoms with Crippen LogP contribution in [-0.2, 0) is 9.47 Å². The van der Waals surface area contributed by atoms with Crippen molar-refractivity contribution in [1.82, 2.24) is 68.6 Å². The van der Waals surface area contributed by atoms with Crippen LogP contribution in [-0.4, -0.2) is 356 Å². The standard InChI is InChI=1S/C21H42N2.3C20H41N3.C20H40N2O2.C16H33N/c1-20(2,3)12-7-18-8-13-22(14-9-18)17-19-10-15-23(16-11-19)21(4,5)6;1-19(2,3)9-12-21-13-15-22(16-14-21)17-18-7-10-23(11-8-18)20(4,5)6;1-19(2,3)9-12-21-10-7-18(8-11-21)17-22-13-15-23(16-14-22)20(4,5)6;1-19(2,3)10-7-18-8-11-21(12-9-18)17-22-13-15-23(16-14-22)20(4,5)6;1-19(2,3)22-13-11-21(12-14-22)15-16-23-17-7-9-18(10-8-17)24-20(4,5)6;1-15(2,3)10-7-14-8-11-17(12-9-14)13-16(4,5)6/h18-19H,7-17H2,1-6H3;3*18H,7-17H2,1-6H3;17-18H,7-16H2,1-6H3;14H,7-13H2,1-6H3. The summed E-state index contributed by atoms with van der Waals surface area (Å²) in [6.45, 7) is 131. The van der Waals surface area contributed by atoms with Crippen LogP contribution in [0.3, 0.4) is 0 Å². The van der Waals surface area contributed by atoms with Crippen molar-refractivity contribution in [3.8, 4) is 0 Å². The third-order valence-corrected chi connectivity index (χ3v) is 32.2. The quantitative estimate of drug-likeness (QED) is 0.0921. The molecule has 11 rings (SSSR count). The molecule has 0 radical (unpaired) electrons. The molecule has 1 saturated carbocycles. The average Bonchev–Trinajstić information content (AvgIpc) is 0.862. The topological polar surface area (TPSA) is 63.8 Å². The molecule has 16 nitrogen and oxygen atoms in total. The van der Waals surface area contributed by atoms with E-state index in [0.29, 0.717) is 72.4 Å². The largest absolute Gasteiger partial charge is 0.377 e. The summed E-state index contributed by atoms with van der Waals surface area (Å²) < 4.78 is 12.2. The highest BCUT2D eigenvalue weighted by molar-refractivity contribution is 4.92. The van der Waals surface area contributed by atoms with Crippen molar-refractivity contribution in [2.45, 2.75) is 449 Å². The third-order valence-electron chi connectivity index (χ3n) is 32.2. The predicted octanol–water partition coefficient (Wildman–Crippen LogP) is 24.2. The van der Waals surface area contributed by atoms with Gasteiger partial charge < -0.3 is 38.9 Å². The van der Waals surface area contributed by atoms with Crippen LogP contribution in [0.2, 0.25) is 0 Å². The van der Waals surface area contributed by atoms with Crippen LogP contribution >= 0.6 is 0 Å². The van der Waals surface area contributed by atoms with Gasteiger partial charge in [-0.2, -0.15) is 0 Å². The molecule has 16 heteroatoms. The Bertz CT molecular complexity index is 2670. The minimum absolute atomic E-state index is 0.0203. The van der Waals surface area contributed by atoms with Gasteiger partial charge in [-0.3, -0.25) is 39.2 Å². The second kappa shape index (κ2) is 55.6. The Hall–Kier alpha value is -0.640. The summed E-state index contributed by atoms with van der Waals surface area (Å²) in [5, 5.41) is 0. The van der Waals surface area contributed by atoms with Crippen LogP contribution in [0.4, 0.5) is 0 Å². The molecule has 788 valence electrons. The van der Waals surface area contributed by atoms with E-state index in [1.807, 2.05) is 0 Å². The Morgan fingerprint density at radius 3 is 0.729 bits per heavy atom. The fourth-order valence-corrected chi connectivity index (χ4v) is 22.4. The van der Waals surface area contributed by atoms with Crippen molar-refractivity contribution in [3.05, 3.63) is 0 Å². The molecule has 0 unspecified atom stereocenters. The van der Waals surface area contributed by atoms with Gasteiger partial charge in [-0.15, -0.1) is 0 Å². The van der Waals surface area contributed by atoms with Gasteiger partial charge in [-0.25, -0.2) is 0 Å². The number of ether oxygens (including phenoxy) is 2. The smallest absolute Gasteiger partial charge is 0.0602 e. The number of nitrogens with zero attached hydrogens (tertiary/aromatic N) is 14. The van der Waals surface area contributed by atoms with Gasteiger partial charge in [0.25, 0.3) is 0 Å². The fourth-order valence-electron chi connectivity index (χ4n) is 22.4. The normalized spacial score (nSPS) is 24.5. The fraction of sp³-hybridized carbons (Fsp3) is 1.00. The first-order valence-electron chi connectivity index (χ1n) is 56.9. The molecule has 0 bridgehead atoms. The van der Waals surface area contributed by atoms with Crippen LogP contribution < -0.4 is 0 Å². The summed E-state index contributed by atoms with van der Waals surface area (Å²) >= 11 is 0. The Kier molecular flexibility index (Phi) is 50.6. The molecule has 0 amide bonds. The maximum atomic E-state index is 6.15. The lowest BCUT2D eigenvalue weighted by molar-refractivity contribution is -0.0945. The van der Waals surface area contributed by atoms with Gasteiger partial charge in [0.1, 0.15) is 0 Å². The zero-order valence-corrected chi connectivity index (χ0v) is 96.8. The van der Waals surface area contributed by atoms with E-state index in [0.717, 1.165) is 74.3 Å². The highest BCUT2D eigenvalue weighted by atomic mass is 16.5. The molecule has 0 N–H and O–H groups in total. The number of likely N-dealkylation sites (tertiary alicyclic amines) is 6. The van der Waals surface area contributed by atoms with E-state index in [1.165, 1.54) is 358 Å². The third kappa shape index (κ3) is 54.2. The minimum Gasteiger partial charge on any atom is -0.377 e. The van der Waals surface area contributed by atoms with Gasteiger partial charge in [-0.05, 0) is 438 Å². The summed E-state index contributed by atoms with van der Waals surface area (Å²) in [6.07, 6.45) is 33.5. The lowest BCUT2D eigenvalue weighted by atomic mass is 9.83. The zero-order chi connectivity index (χ0) is 99.2. The molecule has 1 aliphatic carbocycles. The van der Waals surface area contributed by atoms with Crippen LogP contribution in [0, 0.1) is 68.0 Å². The first-order chi connectivity index (χ1) is 61.3. The summed E-state index contributed by atoms with van der Waals surface area (Å²) in [5.41, 5.74) is 4.59. The molecule has 11 fully saturated rings. The zero-order valence-electron chi connectivity index (χ0n) is 96.8. The van der Waals surface area contributed by atoms with Crippen LogP contribution in [0.1, 0.15) is 403 Å². The SMILES string of the molecule is CC(C)(C)CCC1CCN(CC(C)(C)C)CC1.CC(C)(C)CCC1CCN(CC2CCN(C(C)(C)C)CC2)CC1.CC(C)(C)CCC1CCN(CN2CCN(C(C)(C)C)CC2)CC1.CC(C)(C)CCN1CCC(CN2CCN(C(C)(C)C)CC2)CC1.CC(C)(C)CCN1CCN(CC2CCN(C(C)(C)C)CC2)CC1.CC(C)(C)OC1CCC(OCCN2CCN(C(C)(C)C)CC2)CC1. The molecule has 11 aliphatic rings. The highest BCUT2D eigenvalue weighted by Crippen LogP contribution is 2.37. The van der Waals surface area contributed by atoms with Crippen LogP contribution in [0.15, 0.2) is 0 Å². The van der Waals surface area contributed by atoms with Crippen LogP contribution in [0.5, 0.6) is 0 Å². The Labute approximate surface area is 832 Å². The second-order valence-corrected chi connectivity index (χ2v) is 58.5. The van der Waals surface area contributed by atoms with Crippen molar-refractivity contribution in [1.29, 1.82) is 0 Å². The number of piperidine rings is 6. The maximum Gasteiger partial charge on any atom is 0.0602 e. The number of hydrogen-bond acceptors (Lipinski definition) is 16. The molecular formula is C117H238N14O2. The van der Waals surface area contributed by atoms with Crippen molar-refractivity contribution < 1.29 is 9.47 Å². The van der Waals surface area contributed by atoms with Gasteiger partial charge in [0.15, 0.2) is 0 Å². The summed E-state index contributed by atoms with van der Waals surface area (Å²) in [5.74, 6) is 5.76. The summed E-state index contributed by atoms with van der Waals surface area (Å²) in [7, 11) is 0. The minimum atomic E-state index is -0.0203. The number of hydrogen-bond donors (Lipinski definition) is 0. The van der Waals surface area contributed by atoms with E-state index in [4.69, 9.17) is 9.47 Å². The Morgan fingerprint density at radius 1 is 0.195 bits per heavy atom. The van der Waals surface area contributed by atoms with Crippen molar-refractivity contribution in [2.24, 2.45) is 68.0 Å². The Balaban J connectivity index is 0.000000246. The van der Waals surface area contributed by atoms with Gasteiger partial charge >= 0.3 is 0 Å². The lowest BCUT2D eigenvalue weighted by Gasteiger charge is -2.44. The molecule has 10 saturated heterocycles. The summed E-state index contributed by atoms with van der Waals surface area (Å²) in [4.78, 5) is 37.3. The summed E-state index contributed by atoms with van der Waals surface area (Å²) in [6, 6.07) is 0. The molecule has 0 aromatic rings. The first kappa shape index (κ1) is 121.